The van der Waals surface area contributed by atoms with Crippen LogP contribution in [0.5, 0.6) is 0 Å². The third kappa shape index (κ3) is 4.33. The zero-order valence-electron chi connectivity index (χ0n) is 14.8. The first-order chi connectivity index (χ1) is 12.9. The number of halogens is 3. The van der Waals surface area contributed by atoms with Crippen LogP contribution in [-0.2, 0) is 27.4 Å². The van der Waals surface area contributed by atoms with Gasteiger partial charge in [0.2, 0.25) is 0 Å². The summed E-state index contributed by atoms with van der Waals surface area (Å²) < 4.78 is 63.7. The Bertz CT molecular complexity index is 1150. The Hall–Kier alpha value is -2.46. The van der Waals surface area contributed by atoms with Crippen molar-refractivity contribution in [3.05, 3.63) is 48.2 Å². The van der Waals surface area contributed by atoms with Gasteiger partial charge >= 0.3 is 6.18 Å². The highest BCUT2D eigenvalue weighted by atomic mass is 32.2. The van der Waals surface area contributed by atoms with Gasteiger partial charge in [0.1, 0.15) is 0 Å². The lowest BCUT2D eigenvalue weighted by atomic mass is 10.2. The Balaban J connectivity index is 2.05. The molecule has 0 saturated heterocycles. The average molecular weight is 428 g/mol. The summed E-state index contributed by atoms with van der Waals surface area (Å²) in [5, 5.41) is 3.52. The molecule has 3 aromatic rings. The summed E-state index contributed by atoms with van der Waals surface area (Å²) in [5.41, 5.74) is -0.260. The van der Waals surface area contributed by atoms with E-state index in [4.69, 9.17) is 0 Å². The standard InChI is InChI=1S/C18H15F3N2O3S2/c1-11(24)10-23-14(9-17(22-23)18(19,20)21)16-7-6-15(27-16)12-4-3-5-13(8-12)28(2,25)26/h3-9H,10H2,1-2H3. The van der Waals surface area contributed by atoms with Crippen molar-refractivity contribution in [3.63, 3.8) is 0 Å². The topological polar surface area (TPSA) is 69.0 Å². The van der Waals surface area contributed by atoms with Gasteiger partial charge in [-0.15, -0.1) is 11.3 Å². The summed E-state index contributed by atoms with van der Waals surface area (Å²) in [7, 11) is -3.38. The van der Waals surface area contributed by atoms with Gasteiger partial charge in [-0.25, -0.2) is 8.42 Å². The van der Waals surface area contributed by atoms with Crippen LogP contribution in [0.2, 0.25) is 0 Å². The van der Waals surface area contributed by atoms with E-state index in [1.54, 1.807) is 24.3 Å². The zero-order valence-corrected chi connectivity index (χ0v) is 16.5. The number of aromatic nitrogens is 2. The largest absolute Gasteiger partial charge is 0.435 e. The van der Waals surface area contributed by atoms with Gasteiger partial charge in [0.25, 0.3) is 0 Å². The number of benzene rings is 1. The molecule has 28 heavy (non-hydrogen) atoms. The van der Waals surface area contributed by atoms with E-state index < -0.39 is 21.7 Å². The molecule has 2 aromatic heterocycles. The fourth-order valence-corrected chi connectivity index (χ4v) is 4.29. The van der Waals surface area contributed by atoms with E-state index in [2.05, 4.69) is 5.10 Å². The van der Waals surface area contributed by atoms with Crippen molar-refractivity contribution in [3.8, 4) is 21.0 Å². The predicted molar refractivity (Wildman–Crippen MR) is 99.8 cm³/mol. The van der Waals surface area contributed by atoms with E-state index in [0.717, 1.165) is 17.0 Å². The van der Waals surface area contributed by atoms with E-state index in [-0.39, 0.29) is 22.9 Å². The van der Waals surface area contributed by atoms with Gasteiger partial charge in [-0.2, -0.15) is 18.3 Å². The quantitative estimate of drug-likeness (QED) is 0.608. The van der Waals surface area contributed by atoms with Gasteiger partial charge in [-0.3, -0.25) is 9.48 Å². The van der Waals surface area contributed by atoms with Crippen LogP contribution < -0.4 is 0 Å². The SMILES string of the molecule is CC(=O)Cn1nc(C(F)(F)F)cc1-c1ccc(-c2cccc(S(C)(=O)=O)c2)s1. The van der Waals surface area contributed by atoms with Gasteiger partial charge in [-0.05, 0) is 42.8 Å². The van der Waals surface area contributed by atoms with Crippen molar-refractivity contribution >= 4 is 27.0 Å². The lowest BCUT2D eigenvalue weighted by Gasteiger charge is -2.04. The minimum Gasteiger partial charge on any atom is -0.298 e. The summed E-state index contributed by atoms with van der Waals surface area (Å²) in [6, 6.07) is 10.5. The lowest BCUT2D eigenvalue weighted by Crippen LogP contribution is -2.11. The molecule has 0 unspecified atom stereocenters. The molecule has 0 spiro atoms. The molecule has 0 radical (unpaired) electrons. The fraction of sp³-hybridized carbons (Fsp3) is 0.222. The summed E-state index contributed by atoms with van der Waals surface area (Å²) in [5.74, 6) is -0.323. The van der Waals surface area contributed by atoms with Crippen LogP contribution in [0.3, 0.4) is 0 Å². The number of carbonyl (C=O) groups is 1. The highest BCUT2D eigenvalue weighted by Crippen LogP contribution is 2.37. The molecule has 2 heterocycles. The zero-order chi connectivity index (χ0) is 20.7. The van der Waals surface area contributed by atoms with Crippen molar-refractivity contribution in [2.45, 2.75) is 24.5 Å². The third-order valence-electron chi connectivity index (χ3n) is 3.85. The number of nitrogens with zero attached hydrogens (tertiary/aromatic N) is 2. The molecular weight excluding hydrogens is 413 g/mol. The average Bonchev–Trinajstić information content (AvgIpc) is 3.20. The lowest BCUT2D eigenvalue weighted by molar-refractivity contribution is -0.141. The molecule has 0 N–H and O–H groups in total. The summed E-state index contributed by atoms with van der Waals surface area (Å²) in [6.45, 7) is 0.997. The normalized spacial score (nSPS) is 12.3. The number of carbonyl (C=O) groups excluding carboxylic acids is 1. The highest BCUT2D eigenvalue weighted by Gasteiger charge is 2.35. The molecule has 10 heteroatoms. The predicted octanol–water partition coefficient (Wildman–Crippen LogP) is 4.29. The minimum atomic E-state index is -4.62. The molecule has 0 amide bonds. The second-order valence-corrected chi connectivity index (χ2v) is 9.34. The molecule has 3 rings (SSSR count). The van der Waals surface area contributed by atoms with Crippen molar-refractivity contribution in [2.24, 2.45) is 0 Å². The molecule has 0 bridgehead atoms. The summed E-state index contributed by atoms with van der Waals surface area (Å²) in [4.78, 5) is 12.7. The molecule has 0 fully saturated rings. The van der Waals surface area contributed by atoms with E-state index >= 15 is 0 Å². The van der Waals surface area contributed by atoms with Crippen molar-refractivity contribution in [2.75, 3.05) is 6.26 Å². The molecular formula is C18H15F3N2O3S2. The second-order valence-electron chi connectivity index (χ2n) is 6.24. The number of sulfone groups is 1. The van der Waals surface area contributed by atoms with Gasteiger partial charge in [-0.1, -0.05) is 12.1 Å². The number of thiophene rings is 1. The Morgan fingerprint density at radius 2 is 1.82 bits per heavy atom. The Kier molecular flexibility index (Phi) is 5.20. The Labute approximate surface area is 163 Å². The van der Waals surface area contributed by atoms with Crippen molar-refractivity contribution < 1.29 is 26.4 Å². The number of hydrogen-bond acceptors (Lipinski definition) is 5. The summed E-state index contributed by atoms with van der Waals surface area (Å²) >= 11 is 1.19. The second kappa shape index (κ2) is 7.17. The highest BCUT2D eigenvalue weighted by molar-refractivity contribution is 7.90. The first-order valence-electron chi connectivity index (χ1n) is 8.00. The monoisotopic (exact) mass is 428 g/mol. The van der Waals surface area contributed by atoms with Crippen LogP contribution in [0, 0.1) is 0 Å². The van der Waals surface area contributed by atoms with Gasteiger partial charge < -0.3 is 0 Å². The molecule has 0 aliphatic rings. The maximum atomic E-state index is 13.0. The molecule has 1 aromatic carbocycles. The van der Waals surface area contributed by atoms with Crippen molar-refractivity contribution in [1.29, 1.82) is 0 Å². The first-order valence-corrected chi connectivity index (χ1v) is 10.7. The maximum Gasteiger partial charge on any atom is 0.435 e. The molecule has 148 valence electrons. The molecule has 0 saturated carbocycles. The number of ketones is 1. The van der Waals surface area contributed by atoms with Crippen LogP contribution in [0.15, 0.2) is 47.4 Å². The fourth-order valence-electron chi connectivity index (χ4n) is 2.60. The summed E-state index contributed by atoms with van der Waals surface area (Å²) in [6.07, 6.45) is -3.52. The smallest absolute Gasteiger partial charge is 0.298 e. The van der Waals surface area contributed by atoms with Crippen LogP contribution in [-0.4, -0.2) is 30.2 Å². The Morgan fingerprint density at radius 3 is 2.43 bits per heavy atom. The van der Waals surface area contributed by atoms with Gasteiger partial charge in [0, 0.05) is 11.1 Å². The molecule has 0 aliphatic carbocycles. The number of Topliss-reactive ketones (excluding diaryl/α,β-unsaturated/α-hetero) is 1. The van der Waals surface area contributed by atoms with Gasteiger partial charge in [0.05, 0.1) is 22.0 Å². The van der Waals surface area contributed by atoms with Crippen molar-refractivity contribution in [1.82, 2.24) is 9.78 Å². The molecule has 5 nitrogen and oxygen atoms in total. The van der Waals surface area contributed by atoms with Crippen LogP contribution in [0.25, 0.3) is 21.0 Å². The van der Waals surface area contributed by atoms with Gasteiger partial charge in [0.15, 0.2) is 21.3 Å². The number of alkyl halides is 3. The first kappa shape index (κ1) is 20.3. The molecule has 0 aliphatic heterocycles. The number of hydrogen-bond donors (Lipinski definition) is 0. The Morgan fingerprint density at radius 1 is 1.14 bits per heavy atom. The number of rotatable bonds is 5. The maximum absolute atomic E-state index is 13.0. The van der Waals surface area contributed by atoms with Crippen LogP contribution in [0.1, 0.15) is 12.6 Å². The van der Waals surface area contributed by atoms with E-state index in [1.807, 2.05) is 0 Å². The third-order valence-corrected chi connectivity index (χ3v) is 6.12. The minimum absolute atomic E-state index is 0.154. The van der Waals surface area contributed by atoms with E-state index in [9.17, 15) is 26.4 Å². The molecule has 0 atom stereocenters. The van der Waals surface area contributed by atoms with Crippen LogP contribution in [0.4, 0.5) is 13.2 Å². The van der Waals surface area contributed by atoms with E-state index in [0.29, 0.717) is 15.3 Å². The van der Waals surface area contributed by atoms with E-state index in [1.165, 1.54) is 30.4 Å². The van der Waals surface area contributed by atoms with Crippen LogP contribution >= 0.6 is 11.3 Å².